The highest BCUT2D eigenvalue weighted by atomic mass is 19.3. The zero-order valence-corrected chi connectivity index (χ0v) is 9.82. The molecule has 6 heteroatoms. The molecule has 2 unspecified atom stereocenters. The van der Waals surface area contributed by atoms with Crippen LogP contribution < -0.4 is 5.73 Å². The molecule has 18 heavy (non-hydrogen) atoms. The average Bonchev–Trinajstić information content (AvgIpc) is 2.36. The Morgan fingerprint density at radius 3 is 2.28 bits per heavy atom. The van der Waals surface area contributed by atoms with Crippen molar-refractivity contribution >= 4 is 0 Å². The van der Waals surface area contributed by atoms with Crippen molar-refractivity contribution in [2.24, 2.45) is 5.73 Å². The average molecular weight is 265 g/mol. The number of nitrogens with two attached hydrogens (primary N) is 1. The monoisotopic (exact) mass is 265 g/mol. The van der Waals surface area contributed by atoms with Crippen LogP contribution in [0.25, 0.3) is 0 Å². The van der Waals surface area contributed by atoms with Crippen molar-refractivity contribution < 1.29 is 22.3 Å². The van der Waals surface area contributed by atoms with Gasteiger partial charge < -0.3 is 10.5 Å². The van der Waals surface area contributed by atoms with Crippen molar-refractivity contribution in [3.63, 3.8) is 0 Å². The van der Waals surface area contributed by atoms with Gasteiger partial charge in [-0.3, -0.25) is 0 Å². The Labute approximate surface area is 103 Å². The maximum Gasteiger partial charge on any atom is 0.330 e. The first-order valence-electron chi connectivity index (χ1n) is 5.42. The van der Waals surface area contributed by atoms with Crippen LogP contribution in [0.4, 0.5) is 17.6 Å². The fraction of sp³-hybridized carbons (Fsp3) is 0.500. The van der Waals surface area contributed by atoms with Crippen molar-refractivity contribution in [3.8, 4) is 0 Å². The lowest BCUT2D eigenvalue weighted by atomic mass is 10.0. The van der Waals surface area contributed by atoms with Crippen LogP contribution in [0, 0.1) is 0 Å². The maximum atomic E-state index is 12.7. The van der Waals surface area contributed by atoms with Crippen molar-refractivity contribution in [2.75, 3.05) is 6.61 Å². The first-order valence-corrected chi connectivity index (χ1v) is 5.42. The molecule has 0 aromatic heterocycles. The molecule has 0 aliphatic rings. The minimum absolute atomic E-state index is 0.639. The Morgan fingerprint density at radius 2 is 1.78 bits per heavy atom. The van der Waals surface area contributed by atoms with Gasteiger partial charge in [0.1, 0.15) is 6.61 Å². The number of ether oxygens (including phenoxy) is 1. The zero-order chi connectivity index (χ0) is 13.8. The number of benzene rings is 1. The smallest absolute Gasteiger partial charge is 0.330 e. The molecule has 0 heterocycles. The van der Waals surface area contributed by atoms with Gasteiger partial charge in [0.25, 0.3) is 0 Å². The summed E-state index contributed by atoms with van der Waals surface area (Å²) in [7, 11) is 0. The number of hydrogen-bond donors (Lipinski definition) is 1. The summed E-state index contributed by atoms with van der Waals surface area (Å²) < 4.78 is 53.9. The van der Waals surface area contributed by atoms with E-state index in [0.29, 0.717) is 5.56 Å². The summed E-state index contributed by atoms with van der Waals surface area (Å²) in [4.78, 5) is 0. The first-order chi connectivity index (χ1) is 8.34. The lowest BCUT2D eigenvalue weighted by Gasteiger charge is -2.23. The highest BCUT2D eigenvalue weighted by molar-refractivity contribution is 5.19. The van der Waals surface area contributed by atoms with Crippen LogP contribution >= 0.6 is 0 Å². The van der Waals surface area contributed by atoms with E-state index in [0.717, 1.165) is 0 Å². The van der Waals surface area contributed by atoms with E-state index in [2.05, 4.69) is 0 Å². The Hall–Kier alpha value is -1.14. The van der Waals surface area contributed by atoms with Gasteiger partial charge in [0.2, 0.25) is 0 Å². The van der Waals surface area contributed by atoms with E-state index in [1.54, 1.807) is 30.3 Å². The van der Waals surface area contributed by atoms with Gasteiger partial charge >= 0.3 is 12.3 Å². The van der Waals surface area contributed by atoms with Gasteiger partial charge in [0.15, 0.2) is 0 Å². The minimum atomic E-state index is -4.15. The second kappa shape index (κ2) is 6.15. The molecule has 102 valence electrons. The van der Waals surface area contributed by atoms with Crippen LogP contribution in [-0.2, 0) is 4.74 Å². The third-order valence-electron chi connectivity index (χ3n) is 2.55. The molecule has 0 saturated heterocycles. The fourth-order valence-corrected chi connectivity index (χ4v) is 1.36. The van der Waals surface area contributed by atoms with Crippen molar-refractivity contribution in [3.05, 3.63) is 35.9 Å². The van der Waals surface area contributed by atoms with E-state index >= 15 is 0 Å². The van der Waals surface area contributed by atoms with E-state index < -0.39 is 31.1 Å². The normalized spacial score (nSPS) is 15.7. The lowest BCUT2D eigenvalue weighted by Crippen LogP contribution is -2.36. The predicted octanol–water partition coefficient (Wildman–Crippen LogP) is 2.99. The summed E-state index contributed by atoms with van der Waals surface area (Å²) in [6.45, 7) is 0.131. The van der Waals surface area contributed by atoms with Crippen LogP contribution in [0.15, 0.2) is 30.3 Å². The summed E-state index contributed by atoms with van der Waals surface area (Å²) >= 11 is 0. The van der Waals surface area contributed by atoms with E-state index in [9.17, 15) is 17.6 Å². The molecule has 0 saturated carbocycles. The number of hydrogen-bond acceptors (Lipinski definition) is 2. The number of halogens is 4. The Bertz CT molecular complexity index is 358. The summed E-state index contributed by atoms with van der Waals surface area (Å²) in [5, 5.41) is 0. The third-order valence-corrected chi connectivity index (χ3v) is 2.55. The van der Waals surface area contributed by atoms with Gasteiger partial charge in [-0.15, -0.1) is 0 Å². The molecule has 1 rings (SSSR count). The van der Waals surface area contributed by atoms with Gasteiger partial charge in [-0.05, 0) is 12.5 Å². The Morgan fingerprint density at radius 1 is 1.22 bits per heavy atom. The van der Waals surface area contributed by atoms with Crippen LogP contribution in [0.1, 0.15) is 18.5 Å². The van der Waals surface area contributed by atoms with Crippen LogP contribution in [0.5, 0.6) is 0 Å². The van der Waals surface area contributed by atoms with Crippen molar-refractivity contribution in [1.29, 1.82) is 0 Å². The maximum absolute atomic E-state index is 12.7. The standard InChI is InChI=1S/C12H15F4NO/c1-8(18-7-12(15,16)11(13)14)10(17)9-5-3-2-4-6-9/h2-6,8,10-11H,7,17H2,1H3. The molecule has 1 aromatic carbocycles. The van der Waals surface area contributed by atoms with E-state index in [-0.39, 0.29) is 0 Å². The Kier molecular flexibility index (Phi) is 5.10. The molecular formula is C12H15F4NO. The van der Waals surface area contributed by atoms with Crippen molar-refractivity contribution in [2.45, 2.75) is 31.4 Å². The Balaban J connectivity index is 2.54. The van der Waals surface area contributed by atoms with E-state index in [4.69, 9.17) is 10.5 Å². The van der Waals surface area contributed by atoms with Gasteiger partial charge in [-0.2, -0.15) is 8.78 Å². The minimum Gasteiger partial charge on any atom is -0.370 e. The van der Waals surface area contributed by atoms with Crippen LogP contribution in [-0.4, -0.2) is 25.1 Å². The van der Waals surface area contributed by atoms with Gasteiger partial charge in [-0.25, -0.2) is 8.78 Å². The highest BCUT2D eigenvalue weighted by Crippen LogP contribution is 2.25. The highest BCUT2D eigenvalue weighted by Gasteiger charge is 2.41. The third kappa shape index (κ3) is 3.96. The molecule has 2 N–H and O–H groups in total. The SMILES string of the molecule is CC(OCC(F)(F)C(F)F)C(N)c1ccccc1. The summed E-state index contributed by atoms with van der Waals surface area (Å²) in [5.74, 6) is -4.15. The summed E-state index contributed by atoms with van der Waals surface area (Å²) in [6, 6.07) is 8.07. The molecule has 0 aliphatic carbocycles. The quantitative estimate of drug-likeness (QED) is 0.802. The molecule has 0 bridgehead atoms. The topological polar surface area (TPSA) is 35.2 Å². The molecule has 2 atom stereocenters. The molecule has 0 spiro atoms. The molecular weight excluding hydrogens is 250 g/mol. The van der Waals surface area contributed by atoms with E-state index in [1.807, 2.05) is 0 Å². The summed E-state index contributed by atoms with van der Waals surface area (Å²) in [5.41, 5.74) is 6.49. The van der Waals surface area contributed by atoms with Crippen LogP contribution in [0.2, 0.25) is 0 Å². The molecule has 1 aromatic rings. The summed E-state index contributed by atoms with van der Waals surface area (Å²) in [6.07, 6.45) is -4.52. The molecule has 0 radical (unpaired) electrons. The molecule has 0 amide bonds. The predicted molar refractivity (Wildman–Crippen MR) is 59.7 cm³/mol. The van der Waals surface area contributed by atoms with Gasteiger partial charge in [0.05, 0.1) is 12.1 Å². The lowest BCUT2D eigenvalue weighted by molar-refractivity contribution is -0.176. The number of alkyl halides is 4. The molecule has 0 fully saturated rings. The van der Waals surface area contributed by atoms with E-state index in [1.165, 1.54) is 6.92 Å². The fourth-order valence-electron chi connectivity index (χ4n) is 1.36. The van der Waals surface area contributed by atoms with Crippen molar-refractivity contribution in [1.82, 2.24) is 0 Å². The van der Waals surface area contributed by atoms with Gasteiger partial charge in [-0.1, -0.05) is 30.3 Å². The second-order valence-electron chi connectivity index (χ2n) is 4.01. The van der Waals surface area contributed by atoms with Crippen LogP contribution in [0.3, 0.4) is 0 Å². The molecule has 0 aliphatic heterocycles. The first kappa shape index (κ1) is 14.9. The number of rotatable bonds is 6. The largest absolute Gasteiger partial charge is 0.370 e. The molecule has 2 nitrogen and oxygen atoms in total. The second-order valence-corrected chi connectivity index (χ2v) is 4.01. The zero-order valence-electron chi connectivity index (χ0n) is 9.82. The van der Waals surface area contributed by atoms with Gasteiger partial charge in [0, 0.05) is 0 Å².